The second-order valence-electron chi connectivity index (χ2n) is 17.2. The molecule has 13 heteroatoms. The molecule has 2 saturated heterocycles. The molecular formula is C43H52N6O6S. The average molecular weight is 781 g/mol. The van der Waals surface area contributed by atoms with Crippen LogP contribution in [-0.2, 0) is 19.5 Å². The zero-order chi connectivity index (χ0) is 40.0. The Morgan fingerprint density at radius 2 is 1.45 bits per heavy atom. The number of hydrogen-bond acceptors (Lipinski definition) is 8. The third-order valence-electron chi connectivity index (χ3n) is 10.3. The number of aromatic amines is 1. The first-order chi connectivity index (χ1) is 26.4. The summed E-state index contributed by atoms with van der Waals surface area (Å²) in [5.41, 5.74) is 6.03. The van der Waals surface area contributed by atoms with E-state index >= 15 is 0 Å². The van der Waals surface area contributed by atoms with E-state index in [9.17, 15) is 18.0 Å². The van der Waals surface area contributed by atoms with Gasteiger partial charge in [0.15, 0.2) is 0 Å². The number of rotatable bonds is 8. The number of likely N-dealkylation sites (tertiary alicyclic amines) is 2. The lowest BCUT2D eigenvalue weighted by Gasteiger charge is -2.28. The Balaban J connectivity index is 1.02. The molecule has 3 aromatic carbocycles. The number of aromatic nitrogens is 2. The van der Waals surface area contributed by atoms with Crippen molar-refractivity contribution >= 4 is 44.3 Å². The molecule has 296 valence electrons. The fourth-order valence-electron chi connectivity index (χ4n) is 7.72. The molecule has 2 amide bonds. The molecule has 2 fully saturated rings. The number of aliphatic imine (C=N–C) groups is 1. The second-order valence-corrected chi connectivity index (χ2v) is 19.0. The van der Waals surface area contributed by atoms with Crippen molar-refractivity contribution in [2.75, 3.05) is 25.9 Å². The lowest BCUT2D eigenvalue weighted by atomic mass is 9.95. The Morgan fingerprint density at radius 3 is 2.11 bits per heavy atom. The zero-order valence-electron chi connectivity index (χ0n) is 33.3. The lowest BCUT2D eigenvalue weighted by molar-refractivity contribution is 0.0212. The highest BCUT2D eigenvalue weighted by molar-refractivity contribution is 7.88. The topological polar surface area (TPSA) is 146 Å². The Bertz CT molecular complexity index is 2300. The number of sulfonamides is 1. The van der Waals surface area contributed by atoms with E-state index in [1.54, 1.807) is 11.1 Å². The number of carbonyl (C=O) groups excluding carboxylic acids is 2. The van der Waals surface area contributed by atoms with Gasteiger partial charge in [-0.25, -0.2) is 27.7 Å². The van der Waals surface area contributed by atoms with Crippen molar-refractivity contribution in [3.63, 3.8) is 0 Å². The molecule has 0 aliphatic carbocycles. The van der Waals surface area contributed by atoms with Gasteiger partial charge >= 0.3 is 12.2 Å². The van der Waals surface area contributed by atoms with Crippen molar-refractivity contribution < 1.29 is 27.5 Å². The summed E-state index contributed by atoms with van der Waals surface area (Å²) in [7, 11) is -3.37. The first-order valence-corrected chi connectivity index (χ1v) is 21.2. The normalized spacial score (nSPS) is 20.4. The van der Waals surface area contributed by atoms with Crippen molar-refractivity contribution in [1.82, 2.24) is 24.5 Å². The van der Waals surface area contributed by atoms with Crippen molar-refractivity contribution in [1.29, 1.82) is 0 Å². The zero-order valence-corrected chi connectivity index (χ0v) is 34.1. The van der Waals surface area contributed by atoms with Gasteiger partial charge in [0.05, 0.1) is 30.2 Å². The van der Waals surface area contributed by atoms with E-state index in [0.717, 1.165) is 69.1 Å². The second kappa shape index (κ2) is 15.2. The van der Waals surface area contributed by atoms with Crippen LogP contribution in [0.15, 0.2) is 78.1 Å². The van der Waals surface area contributed by atoms with Gasteiger partial charge < -0.3 is 14.5 Å². The maximum Gasteiger partial charge on any atom is 0.410 e. The third kappa shape index (κ3) is 9.16. The van der Waals surface area contributed by atoms with Crippen LogP contribution in [0.25, 0.3) is 38.7 Å². The predicted octanol–water partition coefficient (Wildman–Crippen LogP) is 8.33. The summed E-state index contributed by atoms with van der Waals surface area (Å²) < 4.78 is 37.5. The minimum absolute atomic E-state index is 0.0315. The first-order valence-electron chi connectivity index (χ1n) is 19.3. The number of nitrogens with zero attached hydrogens (tertiary/aromatic N) is 4. The molecule has 0 unspecified atom stereocenters. The number of imidazole rings is 1. The Labute approximate surface area is 329 Å². The number of carbonyl (C=O) groups is 2. The maximum absolute atomic E-state index is 13.2. The van der Waals surface area contributed by atoms with Crippen LogP contribution in [0.5, 0.6) is 0 Å². The summed E-state index contributed by atoms with van der Waals surface area (Å²) in [6.07, 6.45) is 7.21. The summed E-state index contributed by atoms with van der Waals surface area (Å²) in [5, 5.41) is 2.27. The van der Waals surface area contributed by atoms with Gasteiger partial charge in [0, 0.05) is 38.0 Å². The molecule has 3 aliphatic rings. The SMILES string of the molecule is CC(C)(C)OC(=O)N1CCC[C@H]1C1=NC=C(c2ccc3cc(-c4ccc(-c5cnc([C@@H]6C[C@H](CNS(C)(=O)=O)CN6C(=O)OC(C)(C)C)[nH]5)cc4)ccc3c2)C1. The molecule has 7 rings (SSSR count). The Hall–Kier alpha value is -5.01. The van der Waals surface area contributed by atoms with E-state index in [4.69, 9.17) is 14.5 Å². The van der Waals surface area contributed by atoms with Crippen LogP contribution in [-0.4, -0.2) is 89.2 Å². The van der Waals surface area contributed by atoms with Gasteiger partial charge in [-0.3, -0.25) is 14.8 Å². The van der Waals surface area contributed by atoms with Gasteiger partial charge in [-0.15, -0.1) is 0 Å². The molecule has 3 aliphatic heterocycles. The minimum Gasteiger partial charge on any atom is -0.444 e. The number of allylic oxidation sites excluding steroid dienone is 1. The van der Waals surface area contributed by atoms with E-state index in [1.807, 2.05) is 52.6 Å². The number of fused-ring (bicyclic) bond motifs is 1. The monoisotopic (exact) mass is 780 g/mol. The Morgan fingerprint density at radius 1 is 0.839 bits per heavy atom. The molecule has 0 radical (unpaired) electrons. The number of benzene rings is 3. The standard InChI is InChI=1S/C43H52N6O6S/c1-42(2,3)54-40(50)48-18-8-9-37(48)35-22-34(24-44-35)33-17-16-31-20-30(14-15-32(31)21-33)28-10-12-29(13-11-28)36-25-45-39(47-36)38-19-27(23-46-56(7,52)53)26-49(38)41(51)55-43(4,5)6/h10-17,20-21,24-25,27,37-38,46H,8-9,18-19,22-23,26H2,1-7H3,(H,45,47)/t27-,37+,38+/m1/s1. The van der Waals surface area contributed by atoms with Gasteiger partial charge in [-0.05, 0) is 117 Å². The van der Waals surface area contributed by atoms with E-state index in [2.05, 4.69) is 75.4 Å². The molecule has 12 nitrogen and oxygen atoms in total. The molecule has 4 aromatic rings. The molecule has 0 saturated carbocycles. The fraction of sp³-hybridized carbons (Fsp3) is 0.442. The van der Waals surface area contributed by atoms with Crippen LogP contribution in [0.3, 0.4) is 0 Å². The van der Waals surface area contributed by atoms with Crippen LogP contribution in [0.4, 0.5) is 9.59 Å². The molecule has 3 atom stereocenters. The highest BCUT2D eigenvalue weighted by atomic mass is 32.2. The van der Waals surface area contributed by atoms with E-state index in [0.29, 0.717) is 31.8 Å². The molecule has 56 heavy (non-hydrogen) atoms. The molecule has 2 N–H and O–H groups in total. The number of ether oxygens (including phenoxy) is 2. The highest BCUT2D eigenvalue weighted by Gasteiger charge is 2.40. The minimum atomic E-state index is -3.37. The fourth-order valence-corrected chi connectivity index (χ4v) is 8.26. The van der Waals surface area contributed by atoms with Crippen LogP contribution in [0.1, 0.15) is 84.7 Å². The summed E-state index contributed by atoms with van der Waals surface area (Å²) in [6, 6.07) is 20.9. The van der Waals surface area contributed by atoms with Gasteiger partial charge in [0.25, 0.3) is 0 Å². The largest absolute Gasteiger partial charge is 0.444 e. The molecule has 1 aromatic heterocycles. The van der Waals surface area contributed by atoms with Crippen LogP contribution < -0.4 is 4.72 Å². The van der Waals surface area contributed by atoms with E-state index in [1.165, 1.54) is 0 Å². The van der Waals surface area contributed by atoms with Crippen LogP contribution in [0.2, 0.25) is 0 Å². The molecular weight excluding hydrogens is 729 g/mol. The predicted molar refractivity (Wildman–Crippen MR) is 220 cm³/mol. The number of nitrogens with one attached hydrogen (secondary N) is 2. The van der Waals surface area contributed by atoms with E-state index < -0.39 is 27.3 Å². The van der Waals surface area contributed by atoms with Gasteiger partial charge in [0.1, 0.15) is 17.0 Å². The van der Waals surface area contributed by atoms with E-state index in [-0.39, 0.29) is 30.6 Å². The van der Waals surface area contributed by atoms with Gasteiger partial charge in [-0.2, -0.15) is 0 Å². The summed E-state index contributed by atoms with van der Waals surface area (Å²) in [4.78, 5) is 42.5. The van der Waals surface area contributed by atoms with Gasteiger partial charge in [0.2, 0.25) is 10.0 Å². The summed E-state index contributed by atoms with van der Waals surface area (Å²) in [6.45, 7) is 12.4. The first kappa shape index (κ1) is 39.2. The highest BCUT2D eigenvalue weighted by Crippen LogP contribution is 2.37. The smallest absolute Gasteiger partial charge is 0.410 e. The number of H-pyrrole nitrogens is 1. The Kier molecular flexibility index (Phi) is 10.6. The molecule has 4 heterocycles. The summed E-state index contributed by atoms with van der Waals surface area (Å²) >= 11 is 0. The van der Waals surface area contributed by atoms with Crippen LogP contribution in [0, 0.1) is 5.92 Å². The lowest BCUT2D eigenvalue weighted by Crippen LogP contribution is -2.43. The van der Waals surface area contributed by atoms with Crippen molar-refractivity contribution in [2.45, 2.75) is 90.5 Å². The quantitative estimate of drug-likeness (QED) is 0.183. The van der Waals surface area contributed by atoms with Crippen molar-refractivity contribution in [3.8, 4) is 22.4 Å². The van der Waals surface area contributed by atoms with Crippen molar-refractivity contribution in [3.05, 3.63) is 84.4 Å². The number of hydrogen-bond donors (Lipinski definition) is 2. The molecule has 0 spiro atoms. The van der Waals surface area contributed by atoms with Crippen molar-refractivity contribution in [2.24, 2.45) is 10.9 Å². The number of amides is 2. The third-order valence-corrected chi connectivity index (χ3v) is 11.0. The molecule has 0 bridgehead atoms. The maximum atomic E-state index is 13.2. The van der Waals surface area contributed by atoms with Gasteiger partial charge in [-0.1, -0.05) is 48.5 Å². The average Bonchev–Trinajstić information content (AvgIpc) is 3.94. The van der Waals surface area contributed by atoms with Crippen LogP contribution >= 0.6 is 0 Å². The summed E-state index contributed by atoms with van der Waals surface area (Å²) in [5.74, 6) is 0.536.